The van der Waals surface area contributed by atoms with Crippen molar-refractivity contribution in [1.82, 2.24) is 19.9 Å². The molecule has 208 valence electrons. The van der Waals surface area contributed by atoms with Gasteiger partial charge < -0.3 is 9.84 Å². The van der Waals surface area contributed by atoms with Gasteiger partial charge in [0, 0.05) is 34.3 Å². The standard InChI is InChI=1S/C30H31ClN4O5/c1-17-15-34(25(38)13-22(17)36)26-14-23(37)24(40-26)16-35-28(18-5-9-20(10-6-18)30(2,3)4)27(32-33-35)29(39)19-7-11-21(31)12-8-19/h5-12,15,23-24,26,37H,13-14,16H2,1-4H3/t23-,24+,26+/m0/s1. The molecule has 5 rings (SSSR count). The zero-order valence-electron chi connectivity index (χ0n) is 22.8. The average Bonchev–Trinajstić information content (AvgIpc) is 3.49. The highest BCUT2D eigenvalue weighted by atomic mass is 35.5. The van der Waals surface area contributed by atoms with Gasteiger partial charge in [-0.25, -0.2) is 4.68 Å². The van der Waals surface area contributed by atoms with Crippen LogP contribution in [0.1, 0.15) is 62.2 Å². The van der Waals surface area contributed by atoms with Crippen molar-refractivity contribution in [1.29, 1.82) is 0 Å². The van der Waals surface area contributed by atoms with E-state index in [1.807, 2.05) is 24.3 Å². The molecule has 0 unspecified atom stereocenters. The van der Waals surface area contributed by atoms with Crippen molar-refractivity contribution in [3.05, 3.63) is 82.1 Å². The minimum Gasteiger partial charge on any atom is -0.390 e. The molecule has 2 aliphatic heterocycles. The number of benzene rings is 2. The molecule has 9 nitrogen and oxygen atoms in total. The molecule has 1 fully saturated rings. The maximum Gasteiger partial charge on any atom is 0.236 e. The fourth-order valence-corrected chi connectivity index (χ4v) is 5.06. The Morgan fingerprint density at radius 1 is 1.10 bits per heavy atom. The minimum atomic E-state index is -0.903. The van der Waals surface area contributed by atoms with Crippen LogP contribution in [0.5, 0.6) is 0 Å². The molecule has 1 saturated heterocycles. The predicted molar refractivity (Wildman–Crippen MR) is 149 cm³/mol. The first kappa shape index (κ1) is 27.9. The number of ketones is 2. The summed E-state index contributed by atoms with van der Waals surface area (Å²) in [5, 5.41) is 19.9. The molecular weight excluding hydrogens is 532 g/mol. The summed E-state index contributed by atoms with van der Waals surface area (Å²) in [6.07, 6.45) is -0.916. The molecule has 1 amide bonds. The van der Waals surface area contributed by atoms with Gasteiger partial charge in [-0.15, -0.1) is 5.10 Å². The molecule has 3 aromatic rings. The van der Waals surface area contributed by atoms with Gasteiger partial charge in [-0.2, -0.15) is 0 Å². The summed E-state index contributed by atoms with van der Waals surface area (Å²) >= 11 is 6.02. The largest absolute Gasteiger partial charge is 0.390 e. The van der Waals surface area contributed by atoms with Crippen molar-refractivity contribution in [2.45, 2.75) is 70.9 Å². The summed E-state index contributed by atoms with van der Waals surface area (Å²) < 4.78 is 7.67. The molecule has 10 heteroatoms. The van der Waals surface area contributed by atoms with Gasteiger partial charge in [0.1, 0.15) is 18.0 Å². The maximum atomic E-state index is 13.5. The van der Waals surface area contributed by atoms with E-state index < -0.39 is 18.4 Å². The SMILES string of the molecule is CC1=CN([C@H]2C[C@H](O)[C@@H](Cn3nnc(C(=O)c4ccc(Cl)cc4)c3-c3ccc(C(C)(C)C)cc3)O2)C(=O)CC1=O. The number of carbonyl (C=O) groups is 3. The summed E-state index contributed by atoms with van der Waals surface area (Å²) in [7, 11) is 0. The number of amides is 1. The van der Waals surface area contributed by atoms with Gasteiger partial charge >= 0.3 is 0 Å². The van der Waals surface area contributed by atoms with E-state index in [2.05, 4.69) is 31.1 Å². The molecule has 0 aliphatic carbocycles. The molecule has 1 N–H and O–H groups in total. The first-order chi connectivity index (χ1) is 18.9. The van der Waals surface area contributed by atoms with Crippen LogP contribution >= 0.6 is 11.6 Å². The molecular formula is C30H31ClN4O5. The Kier molecular flexibility index (Phi) is 7.48. The molecule has 0 radical (unpaired) electrons. The number of hydrogen-bond acceptors (Lipinski definition) is 7. The van der Waals surface area contributed by atoms with Crippen molar-refractivity contribution < 1.29 is 24.2 Å². The predicted octanol–water partition coefficient (Wildman–Crippen LogP) is 4.31. The summed E-state index contributed by atoms with van der Waals surface area (Å²) in [6.45, 7) is 8.11. The quantitative estimate of drug-likeness (QED) is 0.352. The van der Waals surface area contributed by atoms with E-state index in [0.717, 1.165) is 11.1 Å². The van der Waals surface area contributed by atoms with Crippen molar-refractivity contribution in [2.24, 2.45) is 0 Å². The van der Waals surface area contributed by atoms with Gasteiger partial charge in [0.2, 0.25) is 11.7 Å². The lowest BCUT2D eigenvalue weighted by molar-refractivity contribution is -0.143. The monoisotopic (exact) mass is 562 g/mol. The van der Waals surface area contributed by atoms with Crippen molar-refractivity contribution >= 4 is 29.1 Å². The zero-order chi connectivity index (χ0) is 28.8. The summed E-state index contributed by atoms with van der Waals surface area (Å²) in [4.78, 5) is 39.3. The van der Waals surface area contributed by atoms with Crippen molar-refractivity contribution in [2.75, 3.05) is 0 Å². The smallest absolute Gasteiger partial charge is 0.236 e. The Morgan fingerprint density at radius 2 is 1.77 bits per heavy atom. The van der Waals surface area contributed by atoms with Gasteiger partial charge in [0.05, 0.1) is 19.1 Å². The maximum absolute atomic E-state index is 13.5. The van der Waals surface area contributed by atoms with Crippen molar-refractivity contribution in [3.63, 3.8) is 0 Å². The molecule has 0 spiro atoms. The lowest BCUT2D eigenvalue weighted by atomic mass is 9.86. The van der Waals surface area contributed by atoms with Crippen LogP contribution in [0.25, 0.3) is 11.3 Å². The number of aliphatic hydroxyl groups is 1. The summed E-state index contributed by atoms with van der Waals surface area (Å²) in [5.74, 6) is -0.906. The normalized spacial score (nSPS) is 21.6. The van der Waals surface area contributed by atoms with Crippen LogP contribution in [0.2, 0.25) is 5.02 Å². The van der Waals surface area contributed by atoms with E-state index >= 15 is 0 Å². The van der Waals surface area contributed by atoms with Gasteiger partial charge in [0.15, 0.2) is 11.5 Å². The van der Waals surface area contributed by atoms with Gasteiger partial charge in [-0.1, -0.05) is 61.9 Å². The van der Waals surface area contributed by atoms with E-state index in [9.17, 15) is 19.5 Å². The molecule has 3 atom stereocenters. The molecule has 0 saturated carbocycles. The topological polar surface area (TPSA) is 115 Å². The second kappa shape index (κ2) is 10.7. The van der Waals surface area contributed by atoms with Crippen molar-refractivity contribution in [3.8, 4) is 11.3 Å². The Balaban J connectivity index is 1.47. The molecule has 2 aliphatic rings. The number of halogens is 1. The zero-order valence-corrected chi connectivity index (χ0v) is 23.6. The third-order valence-electron chi connectivity index (χ3n) is 7.32. The Bertz CT molecular complexity index is 1490. The number of ether oxygens (including phenoxy) is 1. The fourth-order valence-electron chi connectivity index (χ4n) is 4.93. The third-order valence-corrected chi connectivity index (χ3v) is 7.57. The van der Waals surface area contributed by atoms with Gasteiger partial charge in [-0.3, -0.25) is 19.3 Å². The Labute approximate surface area is 237 Å². The number of aromatic nitrogens is 3. The van der Waals surface area contributed by atoms with Crippen LogP contribution in [0, 0.1) is 0 Å². The highest BCUT2D eigenvalue weighted by Gasteiger charge is 2.41. The molecule has 0 bridgehead atoms. The second-order valence-corrected chi connectivity index (χ2v) is 11.7. The molecule has 3 heterocycles. The fraction of sp³-hybridized carbons (Fsp3) is 0.367. The van der Waals surface area contributed by atoms with Crippen LogP contribution in [0.4, 0.5) is 0 Å². The summed E-state index contributed by atoms with van der Waals surface area (Å²) in [5.41, 5.74) is 3.35. The van der Waals surface area contributed by atoms with Crippen LogP contribution in [0.3, 0.4) is 0 Å². The number of rotatable bonds is 6. The van der Waals surface area contributed by atoms with Gasteiger partial charge in [-0.05, 0) is 42.2 Å². The Morgan fingerprint density at radius 3 is 2.42 bits per heavy atom. The number of aliphatic hydroxyl groups excluding tert-OH is 1. The van der Waals surface area contributed by atoms with Crippen LogP contribution in [-0.4, -0.2) is 60.9 Å². The molecule has 40 heavy (non-hydrogen) atoms. The van der Waals surface area contributed by atoms with E-state index in [-0.39, 0.29) is 48.0 Å². The van der Waals surface area contributed by atoms with E-state index in [1.165, 1.54) is 11.1 Å². The number of allylic oxidation sites excluding steroid dienone is 1. The second-order valence-electron chi connectivity index (χ2n) is 11.3. The first-order valence-corrected chi connectivity index (χ1v) is 13.5. The van der Waals surface area contributed by atoms with E-state index in [0.29, 0.717) is 21.9 Å². The molecule has 1 aromatic heterocycles. The Hall–Kier alpha value is -3.66. The van der Waals surface area contributed by atoms with Crippen LogP contribution < -0.4 is 0 Å². The number of carbonyl (C=O) groups excluding carboxylic acids is 3. The first-order valence-electron chi connectivity index (χ1n) is 13.1. The lowest BCUT2D eigenvalue weighted by Gasteiger charge is -2.28. The molecule has 2 aromatic carbocycles. The highest BCUT2D eigenvalue weighted by Crippen LogP contribution is 2.32. The summed E-state index contributed by atoms with van der Waals surface area (Å²) in [6, 6.07) is 14.5. The number of hydrogen-bond donors (Lipinski definition) is 1. The lowest BCUT2D eigenvalue weighted by Crippen LogP contribution is -2.40. The highest BCUT2D eigenvalue weighted by molar-refractivity contribution is 6.30. The van der Waals surface area contributed by atoms with E-state index in [1.54, 1.807) is 35.9 Å². The van der Waals surface area contributed by atoms with E-state index in [4.69, 9.17) is 16.3 Å². The average molecular weight is 563 g/mol. The van der Waals surface area contributed by atoms with Crippen LogP contribution in [-0.2, 0) is 26.3 Å². The van der Waals surface area contributed by atoms with Crippen LogP contribution in [0.15, 0.2) is 60.3 Å². The minimum absolute atomic E-state index is 0.0565. The van der Waals surface area contributed by atoms with Gasteiger partial charge in [0.25, 0.3) is 0 Å². The number of nitrogens with zero attached hydrogens (tertiary/aromatic N) is 4. The number of Topliss-reactive ketones (excluding diaryl/α,β-unsaturated/α-hetero) is 1. The third kappa shape index (κ3) is 5.50.